The van der Waals surface area contributed by atoms with Gasteiger partial charge in [0.05, 0.1) is 6.54 Å². The van der Waals surface area contributed by atoms with Gasteiger partial charge >= 0.3 is 0 Å². The molecule has 0 aliphatic rings. The molecule has 2 atom stereocenters. The van der Waals surface area contributed by atoms with Crippen LogP contribution in [0.2, 0.25) is 0 Å². The molecule has 0 aromatic rings. The summed E-state index contributed by atoms with van der Waals surface area (Å²) in [5.74, 6) is 0.180. The number of amides is 1. The maximum atomic E-state index is 11.6. The van der Waals surface area contributed by atoms with E-state index in [-0.39, 0.29) is 5.91 Å². The second kappa shape index (κ2) is 6.82. The normalized spacial score (nSPS) is 14.9. The lowest BCUT2D eigenvalue weighted by Crippen LogP contribution is -2.42. The van der Waals surface area contributed by atoms with Gasteiger partial charge in [0.25, 0.3) is 0 Å². The number of carbonyl (C=O) groups is 1. The lowest BCUT2D eigenvalue weighted by molar-refractivity contribution is -0.130. The van der Waals surface area contributed by atoms with Gasteiger partial charge < -0.3 is 10.2 Å². The summed E-state index contributed by atoms with van der Waals surface area (Å²) in [4.78, 5) is 13.4. The molecule has 0 fully saturated rings. The molecule has 0 spiro atoms. The smallest absolute Gasteiger partial charge is 0.236 e. The fraction of sp³-hybridized carbons (Fsp3) is 0.909. The first kappa shape index (κ1) is 13.4. The second-order valence-electron chi connectivity index (χ2n) is 3.95. The van der Waals surface area contributed by atoms with Crippen molar-refractivity contribution in [3.05, 3.63) is 0 Å². The fourth-order valence-corrected chi connectivity index (χ4v) is 1.05. The summed E-state index contributed by atoms with van der Waals surface area (Å²) in [6.07, 6.45) is 2.06. The van der Waals surface area contributed by atoms with Crippen LogP contribution in [0.1, 0.15) is 40.5 Å². The first-order chi connectivity index (χ1) is 6.52. The molecule has 1 N–H and O–H groups in total. The second-order valence-corrected chi connectivity index (χ2v) is 3.95. The van der Waals surface area contributed by atoms with Crippen LogP contribution in [0.5, 0.6) is 0 Å². The average Bonchev–Trinajstić information content (AvgIpc) is 2.22. The number of nitrogens with one attached hydrogen (secondary N) is 1. The Labute approximate surface area is 87.9 Å². The van der Waals surface area contributed by atoms with Gasteiger partial charge in [0, 0.05) is 19.1 Å². The summed E-state index contributed by atoms with van der Waals surface area (Å²) in [5.41, 5.74) is 0. The Kier molecular flexibility index (Phi) is 6.54. The van der Waals surface area contributed by atoms with Crippen LogP contribution < -0.4 is 5.32 Å². The van der Waals surface area contributed by atoms with Crippen molar-refractivity contribution in [2.24, 2.45) is 0 Å². The van der Waals surface area contributed by atoms with Crippen LogP contribution in [0, 0.1) is 0 Å². The van der Waals surface area contributed by atoms with E-state index in [2.05, 4.69) is 33.0 Å². The summed E-state index contributed by atoms with van der Waals surface area (Å²) >= 11 is 0. The monoisotopic (exact) mass is 200 g/mol. The number of likely N-dealkylation sites (N-methyl/N-ethyl adjacent to an activating group) is 1. The Bertz CT molecular complexity index is 171. The highest BCUT2D eigenvalue weighted by molar-refractivity contribution is 5.78. The molecule has 3 heteroatoms. The molecule has 0 radical (unpaired) electrons. The number of hydrogen-bond donors (Lipinski definition) is 1. The third-order valence-corrected chi connectivity index (χ3v) is 2.86. The predicted octanol–water partition coefficient (Wildman–Crippen LogP) is 1.63. The van der Waals surface area contributed by atoms with Gasteiger partial charge in [0.2, 0.25) is 5.91 Å². The third kappa shape index (κ3) is 4.61. The van der Waals surface area contributed by atoms with Crippen LogP contribution in [0.25, 0.3) is 0 Å². The van der Waals surface area contributed by atoms with Gasteiger partial charge in [0.15, 0.2) is 0 Å². The van der Waals surface area contributed by atoms with Crippen LogP contribution in [0.3, 0.4) is 0 Å². The molecule has 0 saturated carbocycles. The van der Waals surface area contributed by atoms with Crippen molar-refractivity contribution in [2.75, 3.05) is 13.6 Å². The first-order valence-electron chi connectivity index (χ1n) is 5.51. The fourth-order valence-electron chi connectivity index (χ4n) is 1.05. The minimum absolute atomic E-state index is 0.180. The van der Waals surface area contributed by atoms with Crippen molar-refractivity contribution < 1.29 is 4.79 Å². The molecule has 0 rings (SSSR count). The Morgan fingerprint density at radius 1 is 1.29 bits per heavy atom. The standard InChI is InChI=1S/C11H24N2O/c1-6-9(3)12-8-11(14)13(5)10(4)7-2/h9-10,12H,6-8H2,1-5H3. The molecule has 2 unspecified atom stereocenters. The Morgan fingerprint density at radius 2 is 1.86 bits per heavy atom. The molecule has 0 aromatic carbocycles. The molecule has 0 bridgehead atoms. The predicted molar refractivity (Wildman–Crippen MR) is 60.3 cm³/mol. The molecule has 14 heavy (non-hydrogen) atoms. The molecular weight excluding hydrogens is 176 g/mol. The van der Waals surface area contributed by atoms with E-state index in [1.807, 2.05) is 11.9 Å². The highest BCUT2D eigenvalue weighted by Crippen LogP contribution is 2.00. The van der Waals surface area contributed by atoms with Crippen LogP contribution in [-0.4, -0.2) is 36.5 Å². The van der Waals surface area contributed by atoms with E-state index >= 15 is 0 Å². The highest BCUT2D eigenvalue weighted by atomic mass is 16.2. The maximum absolute atomic E-state index is 11.6. The van der Waals surface area contributed by atoms with Crippen molar-refractivity contribution in [1.29, 1.82) is 0 Å². The van der Waals surface area contributed by atoms with Crippen molar-refractivity contribution in [3.63, 3.8) is 0 Å². The lowest BCUT2D eigenvalue weighted by atomic mass is 10.2. The first-order valence-corrected chi connectivity index (χ1v) is 5.51. The largest absolute Gasteiger partial charge is 0.342 e. The van der Waals surface area contributed by atoms with E-state index in [9.17, 15) is 4.79 Å². The van der Waals surface area contributed by atoms with E-state index in [1.165, 1.54) is 0 Å². The molecule has 0 aromatic heterocycles. The Morgan fingerprint density at radius 3 is 2.29 bits per heavy atom. The number of hydrogen-bond acceptors (Lipinski definition) is 2. The summed E-state index contributed by atoms with van der Waals surface area (Å²) in [5, 5.41) is 3.20. The maximum Gasteiger partial charge on any atom is 0.236 e. The molecule has 1 amide bonds. The Balaban J connectivity index is 3.84. The Hall–Kier alpha value is -0.570. The van der Waals surface area contributed by atoms with Crippen LogP contribution >= 0.6 is 0 Å². The van der Waals surface area contributed by atoms with Crippen LogP contribution in [0.4, 0.5) is 0 Å². The van der Waals surface area contributed by atoms with E-state index in [0.717, 1.165) is 12.8 Å². The zero-order chi connectivity index (χ0) is 11.1. The number of rotatable bonds is 6. The van der Waals surface area contributed by atoms with E-state index < -0.39 is 0 Å². The summed E-state index contributed by atoms with van der Waals surface area (Å²) < 4.78 is 0. The van der Waals surface area contributed by atoms with Crippen molar-refractivity contribution in [1.82, 2.24) is 10.2 Å². The minimum atomic E-state index is 0.180. The quantitative estimate of drug-likeness (QED) is 0.707. The molecule has 3 nitrogen and oxygen atoms in total. The molecule has 0 saturated heterocycles. The average molecular weight is 200 g/mol. The molecular formula is C11H24N2O. The van der Waals surface area contributed by atoms with Crippen LogP contribution in [-0.2, 0) is 4.79 Å². The van der Waals surface area contributed by atoms with Gasteiger partial charge in [-0.2, -0.15) is 0 Å². The molecule has 84 valence electrons. The van der Waals surface area contributed by atoms with Gasteiger partial charge in [0.1, 0.15) is 0 Å². The summed E-state index contributed by atoms with van der Waals surface area (Å²) in [6, 6.07) is 0.755. The number of carbonyl (C=O) groups excluding carboxylic acids is 1. The van der Waals surface area contributed by atoms with Gasteiger partial charge in [-0.05, 0) is 26.7 Å². The van der Waals surface area contributed by atoms with Gasteiger partial charge in [-0.15, -0.1) is 0 Å². The van der Waals surface area contributed by atoms with Crippen molar-refractivity contribution in [3.8, 4) is 0 Å². The zero-order valence-electron chi connectivity index (χ0n) is 10.1. The van der Waals surface area contributed by atoms with Crippen molar-refractivity contribution in [2.45, 2.75) is 52.6 Å². The lowest BCUT2D eigenvalue weighted by Gasteiger charge is -2.24. The SMILES string of the molecule is CCC(C)NCC(=O)N(C)C(C)CC. The van der Waals surface area contributed by atoms with E-state index in [4.69, 9.17) is 0 Å². The third-order valence-electron chi connectivity index (χ3n) is 2.86. The van der Waals surface area contributed by atoms with Gasteiger partial charge in [-0.25, -0.2) is 0 Å². The van der Waals surface area contributed by atoms with Crippen molar-refractivity contribution >= 4 is 5.91 Å². The van der Waals surface area contributed by atoms with Gasteiger partial charge in [-0.1, -0.05) is 13.8 Å². The van der Waals surface area contributed by atoms with E-state index in [0.29, 0.717) is 18.6 Å². The molecule has 0 aliphatic carbocycles. The zero-order valence-corrected chi connectivity index (χ0v) is 10.1. The topological polar surface area (TPSA) is 32.3 Å². The summed E-state index contributed by atoms with van der Waals surface area (Å²) in [7, 11) is 1.87. The van der Waals surface area contributed by atoms with E-state index in [1.54, 1.807) is 0 Å². The molecule has 0 heterocycles. The van der Waals surface area contributed by atoms with Gasteiger partial charge in [-0.3, -0.25) is 4.79 Å². The minimum Gasteiger partial charge on any atom is -0.342 e. The summed E-state index contributed by atoms with van der Waals surface area (Å²) in [6.45, 7) is 8.82. The molecule has 0 aliphatic heterocycles. The van der Waals surface area contributed by atoms with Crippen LogP contribution in [0.15, 0.2) is 0 Å². The highest BCUT2D eigenvalue weighted by Gasteiger charge is 2.13. The number of nitrogens with zero attached hydrogens (tertiary/aromatic N) is 1.